The van der Waals surface area contributed by atoms with E-state index in [2.05, 4.69) is 89.8 Å². The Morgan fingerprint density at radius 3 is 1.60 bits per heavy atom. The summed E-state index contributed by atoms with van der Waals surface area (Å²) in [5.41, 5.74) is -1.49. The summed E-state index contributed by atoms with van der Waals surface area (Å²) in [6.45, 7) is 31.0. The minimum absolute atomic E-state index is 0.0725. The molecule has 5 aromatic rings. The number of hydrogen-bond acceptors (Lipinski definition) is 29. The average Bonchev–Trinajstić information content (AvgIpc) is 1.75. The van der Waals surface area contributed by atoms with Crippen LogP contribution in [0.4, 0.5) is 37.5 Å². The number of esters is 1. The lowest BCUT2D eigenvalue weighted by atomic mass is 10.00. The summed E-state index contributed by atoms with van der Waals surface area (Å²) in [5, 5.41) is 72.5. The number of nitrogens with zero attached hydrogens (tertiary/aromatic N) is 6. The van der Waals surface area contributed by atoms with Crippen LogP contribution in [-0.2, 0) is 110 Å². The van der Waals surface area contributed by atoms with Crippen molar-refractivity contribution < 1.29 is 119 Å². The molecule has 1 saturated heterocycles. The van der Waals surface area contributed by atoms with Crippen LogP contribution >= 0.6 is 0 Å². The third-order valence-electron chi connectivity index (χ3n) is 22.7. The van der Waals surface area contributed by atoms with Gasteiger partial charge in [-0.05, 0) is 216 Å². The van der Waals surface area contributed by atoms with Crippen LogP contribution in [0.1, 0.15) is 225 Å². The van der Waals surface area contributed by atoms with Crippen LogP contribution in [0.3, 0.4) is 0 Å². The molecule has 0 aliphatic carbocycles. The summed E-state index contributed by atoms with van der Waals surface area (Å²) in [4.78, 5) is 260. The second-order valence-corrected chi connectivity index (χ2v) is 42.3. The molecule has 0 bridgehead atoms. The van der Waals surface area contributed by atoms with Gasteiger partial charge in [-0.2, -0.15) is 10.1 Å². The van der Waals surface area contributed by atoms with Crippen LogP contribution in [0.2, 0.25) is 0 Å². The van der Waals surface area contributed by atoms with Gasteiger partial charge in [0.25, 0.3) is 0 Å². The van der Waals surface area contributed by atoms with Gasteiger partial charge in [0.15, 0.2) is 0 Å². The van der Waals surface area contributed by atoms with E-state index in [1.54, 1.807) is 177 Å². The molecule has 0 saturated carbocycles. The molecule has 3 aromatic carbocycles. The van der Waals surface area contributed by atoms with Crippen LogP contribution in [-0.4, -0.2) is 274 Å². The molecule has 1 aliphatic heterocycles. The lowest BCUT2D eigenvalue weighted by Crippen LogP contribution is -2.62. The fourth-order valence-electron chi connectivity index (χ4n) is 15.1. The summed E-state index contributed by atoms with van der Waals surface area (Å²) in [7, 11) is -1.11. The number of rotatable bonds is 39. The maximum absolute atomic E-state index is 15.7. The van der Waals surface area contributed by atoms with E-state index < -0.39 is 281 Å². The molecule has 0 spiro atoms. The quantitative estimate of drug-likeness (QED) is 0.0198. The van der Waals surface area contributed by atoms with Crippen molar-refractivity contribution in [3.05, 3.63) is 95.8 Å². The molecule has 6 rings (SSSR count). The number of hydrogen-bond donors (Lipinski definition) is 18. The van der Waals surface area contributed by atoms with E-state index in [4.69, 9.17) is 29.1 Å². The largest absolute Gasteiger partial charge is 0.460 e. The summed E-state index contributed by atoms with van der Waals surface area (Å²) >= 11 is 0. The number of nitrogens with two attached hydrogens (primary N) is 1. The van der Waals surface area contributed by atoms with Gasteiger partial charge in [-0.1, -0.05) is 83.9 Å². The molecule has 147 heavy (non-hydrogen) atoms. The van der Waals surface area contributed by atoms with Crippen molar-refractivity contribution in [3.63, 3.8) is 0 Å². The van der Waals surface area contributed by atoms with Crippen molar-refractivity contribution in [2.45, 2.75) is 335 Å². The molecule has 812 valence electrons. The minimum atomic E-state index is -4.56. The number of aryl methyl sites for hydroxylation is 3. The number of carbonyl (C=O) groups is 17. The number of benzene rings is 3. The number of alkyl carbamates (subject to hydrolysis) is 3. The molecule has 16 amide bonds. The van der Waals surface area contributed by atoms with Crippen molar-refractivity contribution in [3.8, 4) is 0 Å². The van der Waals surface area contributed by atoms with Gasteiger partial charge in [-0.3, -0.25) is 71.8 Å². The maximum Gasteiger partial charge on any atom is 0.407 e. The fourth-order valence-corrected chi connectivity index (χ4v) is 15.9. The number of fused-ring (bicyclic) bond motifs is 1. The van der Waals surface area contributed by atoms with Gasteiger partial charge in [-0.25, -0.2) is 37.8 Å². The summed E-state index contributed by atoms with van der Waals surface area (Å²) in [5.74, 6) is -16.8. The van der Waals surface area contributed by atoms with E-state index in [0.717, 1.165) is 35.9 Å². The number of aliphatic hydroxyl groups is 2. The van der Waals surface area contributed by atoms with Gasteiger partial charge in [0, 0.05) is 82.0 Å². The molecule has 19 N–H and O–H groups in total. The number of aliphatic hydroxyl groups excluding tert-OH is 2. The monoisotopic (exact) mass is 2080 g/mol. The number of sulfonamides is 1. The van der Waals surface area contributed by atoms with E-state index in [1.807, 2.05) is 13.0 Å². The van der Waals surface area contributed by atoms with Crippen molar-refractivity contribution in [1.29, 1.82) is 0 Å². The Labute approximate surface area is 857 Å². The Morgan fingerprint density at radius 2 is 1.05 bits per heavy atom. The van der Waals surface area contributed by atoms with E-state index in [1.165, 1.54) is 38.2 Å². The summed E-state index contributed by atoms with van der Waals surface area (Å²) in [6.07, 6.45) is -9.40. The highest BCUT2D eigenvalue weighted by Crippen LogP contribution is 2.33. The zero-order valence-electron chi connectivity index (χ0n) is 88.1. The van der Waals surface area contributed by atoms with Crippen LogP contribution in [0, 0.1) is 25.7 Å². The number of ether oxygens (including phenoxy) is 4. The first kappa shape index (κ1) is 122. The van der Waals surface area contributed by atoms with Gasteiger partial charge in [0.2, 0.25) is 92.8 Å². The van der Waals surface area contributed by atoms with Crippen LogP contribution in [0.5, 0.6) is 0 Å². The van der Waals surface area contributed by atoms with Crippen LogP contribution in [0.25, 0.3) is 10.9 Å². The number of amides is 16. The molecule has 48 heteroatoms. The highest BCUT2D eigenvalue weighted by atomic mass is 32.2. The van der Waals surface area contributed by atoms with E-state index >= 15 is 38.4 Å². The third kappa shape index (κ3) is 40.5. The second kappa shape index (κ2) is 55.1. The molecule has 1 fully saturated rings. The SMILES string of the molecule is CCC[C@@H]1NC(=O)[C@@H](NC(=O)[C@H](CCC)NC(=O)[C@@H](NC(=O)[C@@H](CCNC(=O)OC(C)(C)C)NC(=O)[C@H](CC(=O)N(c2ccc(C)c(S(N)(=O)=O)c2)c2nccc(N(C)c3ccc4c(C)n(C)nc4c3)n2)NC(=O)[C@@H](C)CCC(=O)OC(C)(C)C)[C@@H](C)O)CCNC(=O)[C@H]([C@@H](C)O)NC(=O)[C@H](CCNC(=O)OC(C)(C)C)NC(=O)[C@H](CCNC(=O)OC(C)(C)C)NC(=O)[C@H](CC(C)C)NC(=O)[C@@H](Cc2ccccc2)NC1=O. The lowest BCUT2D eigenvalue weighted by Gasteiger charge is -2.29. The van der Waals surface area contributed by atoms with Crippen LogP contribution in [0.15, 0.2) is 83.9 Å². The van der Waals surface area contributed by atoms with Crippen molar-refractivity contribution in [1.82, 2.24) is 99.5 Å². The molecule has 0 unspecified atom stereocenters. The molecule has 2 aromatic heterocycles. The Hall–Kier alpha value is -13.8. The average molecular weight is 2080 g/mol. The normalized spacial score (nSPS) is 18.7. The van der Waals surface area contributed by atoms with E-state index in [0.29, 0.717) is 16.8 Å². The first-order valence-corrected chi connectivity index (χ1v) is 50.6. The van der Waals surface area contributed by atoms with Gasteiger partial charge < -0.3 is 114 Å². The van der Waals surface area contributed by atoms with Gasteiger partial charge in [0.05, 0.1) is 34.7 Å². The first-order valence-electron chi connectivity index (χ1n) is 49.1. The molecule has 3 heterocycles. The summed E-state index contributed by atoms with van der Waals surface area (Å²) in [6, 6.07) is -0.548. The third-order valence-corrected chi connectivity index (χ3v) is 23.7. The number of primary sulfonamides is 1. The highest BCUT2D eigenvalue weighted by Gasteiger charge is 2.42. The molecular formula is C99H150N22O25S. The van der Waals surface area contributed by atoms with Crippen molar-refractivity contribution >= 4 is 145 Å². The zero-order valence-corrected chi connectivity index (χ0v) is 89.0. The standard InChI is InChI=1S/C99H150N22O25S/c1-24-29-64-82(128)114-72(50-60-31-27-26-28-32-60)88(134)113-71(49-54(3)4)87(133)109-67(40-45-103-93(138)144-97(13,14)15)84(130)108-68(41-46-104-94(139)145-98(16,17)18)85(131)116-78(58(8)122)90(136)101-44-39-66(83(129)106-64)107-81(127)65(30-25-2)111-91(137)79(59(9)123)117-86(132)69(42-47-105-95(140)146-99(19,20)21)110-89(135)73(112-80(126)56(6)34-38-77(125)143-96(10,11)12)53-76(124)121(62-35-33-55(5)74(52-62)147(100,141)142)92-102-48-43-75(115-92)119(22)61-36-37-63-57(7)120(23)118-70(63)51-61/h26-28,31-33,35-37,43,48,51-52,54,56,58-59,64-69,71-73,78-79,122-123H,24-25,29-30,34,38-42,44-47,49-50,53H2,1-23H3,(H,101,136)(H,103,138)(H,104,139)(H,105,140)(H,106,129)(H,107,127)(H,108,130)(H,109,133)(H,110,135)(H,111,137)(H,112,126)(H,113,134)(H,114,128)(H,116,131)(H,117,132)(H2,100,141,142)/t56-,58+,59+,64-,65-,66-,67-,68-,69+,71-,72+,73-,78-,79-/m0/s1. The number of carbonyl (C=O) groups excluding carboxylic acids is 17. The fraction of sp³-hybridized carbons (Fsp3) is 0.596. The maximum atomic E-state index is 15.7. The lowest BCUT2D eigenvalue weighted by molar-refractivity contribution is -0.155. The Bertz CT molecular complexity index is 5580. The zero-order chi connectivity index (χ0) is 110. The van der Waals surface area contributed by atoms with Crippen LogP contribution < -0.4 is 94.7 Å². The molecule has 14 atom stereocenters. The van der Waals surface area contributed by atoms with Crippen molar-refractivity contribution in [2.75, 3.05) is 43.0 Å². The number of anilines is 4. The predicted molar refractivity (Wildman–Crippen MR) is 542 cm³/mol. The minimum Gasteiger partial charge on any atom is -0.460 e. The van der Waals surface area contributed by atoms with E-state index in [-0.39, 0.29) is 80.9 Å². The Balaban J connectivity index is 1.43. The second-order valence-electron chi connectivity index (χ2n) is 40.8. The Morgan fingerprint density at radius 1 is 0.551 bits per heavy atom. The van der Waals surface area contributed by atoms with Crippen molar-refractivity contribution in [2.24, 2.45) is 24.0 Å². The topological polar surface area (TPSA) is 658 Å². The van der Waals surface area contributed by atoms with Gasteiger partial charge in [0.1, 0.15) is 94.7 Å². The van der Waals surface area contributed by atoms with E-state index in [9.17, 15) is 61.8 Å². The first-order chi connectivity index (χ1) is 68.4. The number of nitrogens with one attached hydrogen (secondary N) is 15. The predicted octanol–water partition coefficient (Wildman–Crippen LogP) is 3.46. The molecule has 47 nitrogen and oxygen atoms in total. The highest BCUT2D eigenvalue weighted by molar-refractivity contribution is 7.89. The smallest absolute Gasteiger partial charge is 0.407 e. The number of aromatic nitrogens is 4. The van der Waals surface area contributed by atoms with Gasteiger partial charge in [-0.15, -0.1) is 0 Å². The Kier molecular flexibility index (Phi) is 45.7. The molecule has 1 aliphatic rings. The molecule has 0 radical (unpaired) electrons. The summed E-state index contributed by atoms with van der Waals surface area (Å²) < 4.78 is 50.0. The molecular weight excluding hydrogens is 1930 g/mol. The van der Waals surface area contributed by atoms with Gasteiger partial charge >= 0.3 is 24.2 Å².